The van der Waals surface area contributed by atoms with Gasteiger partial charge in [-0.2, -0.15) is 0 Å². The summed E-state index contributed by atoms with van der Waals surface area (Å²) in [6, 6.07) is 7.43. The summed E-state index contributed by atoms with van der Waals surface area (Å²) in [6.07, 6.45) is 9.03. The van der Waals surface area contributed by atoms with Gasteiger partial charge in [0, 0.05) is 11.4 Å². The number of hydrogen-bond donors (Lipinski definition) is 0. The lowest BCUT2D eigenvalue weighted by Crippen LogP contribution is -1.93. The Balaban J connectivity index is 2.14. The molecule has 0 unspecified atom stereocenters. The van der Waals surface area contributed by atoms with Crippen molar-refractivity contribution in [2.24, 2.45) is 0 Å². The van der Waals surface area contributed by atoms with Crippen molar-refractivity contribution in [1.29, 1.82) is 0 Å². The zero-order valence-corrected chi connectivity index (χ0v) is 9.87. The van der Waals surface area contributed by atoms with Crippen LogP contribution in [0.5, 0.6) is 5.75 Å². The van der Waals surface area contributed by atoms with Crippen molar-refractivity contribution in [3.63, 3.8) is 0 Å². The molecule has 0 aliphatic heterocycles. The van der Waals surface area contributed by atoms with Crippen molar-refractivity contribution in [3.8, 4) is 5.75 Å². The van der Waals surface area contributed by atoms with E-state index in [-0.39, 0.29) is 0 Å². The zero-order chi connectivity index (χ0) is 11.4. The normalized spacial score (nSPS) is 15.1. The number of ether oxygens (including phenoxy) is 1. The Hall–Kier alpha value is -1.47. The van der Waals surface area contributed by atoms with Crippen molar-refractivity contribution < 1.29 is 4.74 Å². The Morgan fingerprint density at radius 2 is 2.12 bits per heavy atom. The van der Waals surface area contributed by atoms with Gasteiger partial charge in [-0.05, 0) is 31.2 Å². The predicted molar refractivity (Wildman–Crippen MR) is 67.7 cm³/mol. The fourth-order valence-electron chi connectivity index (χ4n) is 1.47. The summed E-state index contributed by atoms with van der Waals surface area (Å²) >= 11 is 5.89. The van der Waals surface area contributed by atoms with Crippen LogP contribution in [-0.4, -0.2) is 0 Å². The molecule has 16 heavy (non-hydrogen) atoms. The van der Waals surface area contributed by atoms with Crippen molar-refractivity contribution in [3.05, 3.63) is 64.9 Å². The Morgan fingerprint density at radius 1 is 1.25 bits per heavy atom. The second-order valence-electron chi connectivity index (χ2n) is 3.71. The molecule has 0 atom stereocenters. The standard InChI is InChI=1S/C14H13ClO/c1-11-4-2-6-13(9-8-11)16-14-7-3-5-12(15)10-14/h2-5,7-10H,6H2,1H3. The summed E-state index contributed by atoms with van der Waals surface area (Å²) in [7, 11) is 0. The second-order valence-corrected chi connectivity index (χ2v) is 4.15. The van der Waals surface area contributed by atoms with Gasteiger partial charge in [-0.3, -0.25) is 0 Å². The van der Waals surface area contributed by atoms with Gasteiger partial charge in [0.25, 0.3) is 0 Å². The first kappa shape index (κ1) is 11.0. The van der Waals surface area contributed by atoms with Gasteiger partial charge in [0.05, 0.1) is 0 Å². The van der Waals surface area contributed by atoms with Crippen LogP contribution >= 0.6 is 11.6 Å². The molecule has 1 nitrogen and oxygen atoms in total. The molecule has 2 rings (SSSR count). The highest BCUT2D eigenvalue weighted by Gasteiger charge is 2.01. The maximum atomic E-state index is 5.89. The van der Waals surface area contributed by atoms with E-state index in [1.54, 1.807) is 0 Å². The zero-order valence-electron chi connectivity index (χ0n) is 9.11. The van der Waals surface area contributed by atoms with Crippen LogP contribution < -0.4 is 4.74 Å². The van der Waals surface area contributed by atoms with Crippen LogP contribution in [0.25, 0.3) is 0 Å². The van der Waals surface area contributed by atoms with E-state index in [1.165, 1.54) is 5.57 Å². The molecular weight excluding hydrogens is 220 g/mol. The number of halogens is 1. The molecule has 0 bridgehead atoms. The Bertz CT molecular complexity index is 469. The van der Waals surface area contributed by atoms with Gasteiger partial charge in [-0.15, -0.1) is 0 Å². The molecule has 2 heteroatoms. The van der Waals surface area contributed by atoms with E-state index in [9.17, 15) is 0 Å². The van der Waals surface area contributed by atoms with Crippen LogP contribution in [0.4, 0.5) is 0 Å². The molecule has 1 aliphatic rings. The number of allylic oxidation sites excluding steroid dienone is 5. The van der Waals surface area contributed by atoms with Gasteiger partial charge in [0.15, 0.2) is 0 Å². The summed E-state index contributed by atoms with van der Waals surface area (Å²) in [5.74, 6) is 1.70. The number of hydrogen-bond acceptors (Lipinski definition) is 1. The SMILES string of the molecule is CC1=CC=C(Oc2cccc(Cl)c2)CC=C1. The predicted octanol–water partition coefficient (Wildman–Crippen LogP) is 4.51. The minimum absolute atomic E-state index is 0.689. The van der Waals surface area contributed by atoms with Gasteiger partial charge in [-0.1, -0.05) is 41.5 Å². The molecule has 0 fully saturated rings. The summed E-state index contributed by atoms with van der Waals surface area (Å²) in [5, 5.41) is 0.689. The van der Waals surface area contributed by atoms with Gasteiger partial charge < -0.3 is 4.74 Å². The van der Waals surface area contributed by atoms with E-state index in [2.05, 4.69) is 19.1 Å². The van der Waals surface area contributed by atoms with Crippen LogP contribution in [0.3, 0.4) is 0 Å². The monoisotopic (exact) mass is 232 g/mol. The van der Waals surface area contributed by atoms with Gasteiger partial charge in [0.2, 0.25) is 0 Å². The number of benzene rings is 1. The quantitative estimate of drug-likeness (QED) is 0.729. The molecule has 0 amide bonds. The third kappa shape index (κ3) is 3.01. The van der Waals surface area contributed by atoms with E-state index < -0.39 is 0 Å². The molecule has 0 radical (unpaired) electrons. The lowest BCUT2D eigenvalue weighted by atomic mass is 10.3. The fourth-order valence-corrected chi connectivity index (χ4v) is 1.65. The largest absolute Gasteiger partial charge is 0.461 e. The lowest BCUT2D eigenvalue weighted by Gasteiger charge is -2.07. The minimum atomic E-state index is 0.689. The van der Waals surface area contributed by atoms with E-state index in [0.717, 1.165) is 17.9 Å². The topological polar surface area (TPSA) is 9.23 Å². The highest BCUT2D eigenvalue weighted by atomic mass is 35.5. The lowest BCUT2D eigenvalue weighted by molar-refractivity contribution is 0.416. The molecule has 1 aromatic carbocycles. The van der Waals surface area contributed by atoms with Gasteiger partial charge in [-0.25, -0.2) is 0 Å². The number of rotatable bonds is 2. The third-order valence-corrected chi connectivity index (χ3v) is 2.51. The third-order valence-electron chi connectivity index (χ3n) is 2.28. The van der Waals surface area contributed by atoms with Crippen molar-refractivity contribution >= 4 is 11.6 Å². The van der Waals surface area contributed by atoms with Crippen molar-refractivity contribution in [2.45, 2.75) is 13.3 Å². The Kier molecular flexibility index (Phi) is 3.47. The Morgan fingerprint density at radius 3 is 2.94 bits per heavy atom. The summed E-state index contributed by atoms with van der Waals surface area (Å²) in [5.41, 5.74) is 1.23. The van der Waals surface area contributed by atoms with E-state index in [0.29, 0.717) is 5.02 Å². The molecule has 0 aromatic heterocycles. The molecule has 0 saturated heterocycles. The van der Waals surface area contributed by atoms with Crippen LogP contribution in [0.1, 0.15) is 13.3 Å². The molecule has 0 spiro atoms. The van der Waals surface area contributed by atoms with Gasteiger partial charge in [0.1, 0.15) is 11.5 Å². The maximum absolute atomic E-state index is 5.89. The van der Waals surface area contributed by atoms with Crippen LogP contribution in [0, 0.1) is 0 Å². The van der Waals surface area contributed by atoms with Crippen LogP contribution in [0.15, 0.2) is 59.9 Å². The second kappa shape index (κ2) is 5.04. The smallest absolute Gasteiger partial charge is 0.128 e. The summed E-state index contributed by atoms with van der Waals surface area (Å²) in [6.45, 7) is 2.06. The first-order valence-corrected chi connectivity index (χ1v) is 5.59. The molecule has 1 aliphatic carbocycles. The molecule has 0 N–H and O–H groups in total. The van der Waals surface area contributed by atoms with E-state index in [4.69, 9.17) is 16.3 Å². The van der Waals surface area contributed by atoms with Crippen LogP contribution in [-0.2, 0) is 0 Å². The first-order valence-electron chi connectivity index (χ1n) is 5.21. The summed E-state index contributed by atoms with van der Waals surface area (Å²) in [4.78, 5) is 0. The highest BCUT2D eigenvalue weighted by molar-refractivity contribution is 6.30. The highest BCUT2D eigenvalue weighted by Crippen LogP contribution is 2.21. The minimum Gasteiger partial charge on any atom is -0.461 e. The molecular formula is C14H13ClO. The maximum Gasteiger partial charge on any atom is 0.128 e. The van der Waals surface area contributed by atoms with Gasteiger partial charge >= 0.3 is 0 Å². The molecule has 1 aromatic rings. The van der Waals surface area contributed by atoms with Crippen molar-refractivity contribution in [1.82, 2.24) is 0 Å². The fraction of sp³-hybridized carbons (Fsp3) is 0.143. The molecule has 0 heterocycles. The Labute approximate surface area is 101 Å². The van der Waals surface area contributed by atoms with E-state index >= 15 is 0 Å². The van der Waals surface area contributed by atoms with Crippen LogP contribution in [0.2, 0.25) is 5.02 Å². The van der Waals surface area contributed by atoms with Crippen molar-refractivity contribution in [2.75, 3.05) is 0 Å². The average molecular weight is 233 g/mol. The van der Waals surface area contributed by atoms with E-state index in [1.807, 2.05) is 36.4 Å². The molecule has 82 valence electrons. The first-order chi connectivity index (χ1) is 7.74. The average Bonchev–Trinajstić information content (AvgIpc) is 2.44. The molecule has 0 saturated carbocycles. The summed E-state index contributed by atoms with van der Waals surface area (Å²) < 4.78 is 5.75.